The molecule has 5 heteroatoms. The van der Waals surface area contributed by atoms with Crippen molar-refractivity contribution in [1.82, 2.24) is 14.6 Å². The Morgan fingerprint density at radius 3 is 3.38 bits per heavy atom. The van der Waals surface area contributed by atoms with Crippen molar-refractivity contribution >= 4 is 17.4 Å². The summed E-state index contributed by atoms with van der Waals surface area (Å²) in [6.07, 6.45) is 4.08. The maximum absolute atomic E-state index is 11.2. The van der Waals surface area contributed by atoms with Crippen LogP contribution in [0.1, 0.15) is 12.2 Å². The second-order valence-electron chi connectivity index (χ2n) is 4.19. The fourth-order valence-electron chi connectivity index (χ4n) is 2.11. The van der Waals surface area contributed by atoms with Gasteiger partial charge in [0, 0.05) is 24.8 Å². The third-order valence-corrected chi connectivity index (χ3v) is 4.23. The Hall–Kier alpha value is -1.23. The number of thioether (sulfide) groups is 1. The highest BCUT2D eigenvalue weighted by Gasteiger charge is 2.18. The summed E-state index contributed by atoms with van der Waals surface area (Å²) < 4.78 is 1.98. The summed E-state index contributed by atoms with van der Waals surface area (Å²) in [6, 6.07) is 3.16. The zero-order valence-electron chi connectivity index (χ0n) is 8.85. The molecule has 0 amide bonds. The molecule has 3 heterocycles. The molecule has 1 aliphatic heterocycles. The van der Waals surface area contributed by atoms with Crippen LogP contribution >= 0.6 is 11.8 Å². The van der Waals surface area contributed by atoms with E-state index in [9.17, 15) is 4.79 Å². The molecule has 2 aromatic rings. The van der Waals surface area contributed by atoms with E-state index in [1.807, 2.05) is 16.2 Å². The number of rotatable bonds is 2. The fourth-order valence-corrected chi connectivity index (χ4v) is 3.40. The smallest absolute Gasteiger partial charge is 0.183 e. The van der Waals surface area contributed by atoms with Crippen LogP contribution in [0.3, 0.4) is 0 Å². The number of H-pyrrole nitrogens is 1. The van der Waals surface area contributed by atoms with Crippen molar-refractivity contribution in [2.75, 3.05) is 11.5 Å². The van der Waals surface area contributed by atoms with E-state index in [1.54, 1.807) is 18.3 Å². The van der Waals surface area contributed by atoms with Crippen LogP contribution < -0.4 is 5.43 Å². The van der Waals surface area contributed by atoms with Gasteiger partial charge in [-0.3, -0.25) is 14.3 Å². The molecule has 1 atom stereocenters. The van der Waals surface area contributed by atoms with Gasteiger partial charge in [0.15, 0.2) is 5.43 Å². The molecule has 4 nitrogen and oxygen atoms in total. The van der Waals surface area contributed by atoms with E-state index in [0.29, 0.717) is 0 Å². The Balaban J connectivity index is 1.94. The highest BCUT2D eigenvalue weighted by atomic mass is 32.2. The van der Waals surface area contributed by atoms with Crippen molar-refractivity contribution in [1.29, 1.82) is 0 Å². The number of hydrogen-bond acceptors (Lipinski definition) is 3. The van der Waals surface area contributed by atoms with Gasteiger partial charge >= 0.3 is 0 Å². The molecule has 1 saturated heterocycles. The zero-order valence-corrected chi connectivity index (χ0v) is 9.67. The fraction of sp³-hybridized carbons (Fsp3) is 0.455. The van der Waals surface area contributed by atoms with Gasteiger partial charge in [-0.15, -0.1) is 0 Å². The molecule has 84 valence electrons. The van der Waals surface area contributed by atoms with Crippen LogP contribution in [0.15, 0.2) is 23.1 Å². The molecule has 0 radical (unpaired) electrons. The lowest BCUT2D eigenvalue weighted by atomic mass is 10.1. The zero-order chi connectivity index (χ0) is 11.0. The standard InChI is InChI=1S/C11H13N3OS/c15-9-1-3-14-10(12-13-11(14)6-9)5-8-2-4-16-7-8/h1,3,6,8,13H,2,4-5,7H2. The summed E-state index contributed by atoms with van der Waals surface area (Å²) in [5.41, 5.74) is 0.805. The minimum absolute atomic E-state index is 0.0200. The van der Waals surface area contributed by atoms with Gasteiger partial charge in [-0.25, -0.2) is 0 Å². The Kier molecular flexibility index (Phi) is 2.47. The van der Waals surface area contributed by atoms with E-state index in [4.69, 9.17) is 0 Å². The maximum Gasteiger partial charge on any atom is 0.183 e. The van der Waals surface area contributed by atoms with Gasteiger partial charge < -0.3 is 0 Å². The molecule has 1 unspecified atom stereocenters. The quantitative estimate of drug-likeness (QED) is 0.854. The minimum Gasteiger partial charge on any atom is -0.290 e. The van der Waals surface area contributed by atoms with Crippen LogP contribution in [0, 0.1) is 5.92 Å². The lowest BCUT2D eigenvalue weighted by Gasteiger charge is -2.05. The molecule has 0 saturated carbocycles. The Bertz CT molecular complexity index is 554. The Labute approximate surface area is 97.1 Å². The normalized spacial score (nSPS) is 20.6. The molecule has 1 N–H and O–H groups in total. The van der Waals surface area contributed by atoms with Crippen molar-refractivity contribution in [3.05, 3.63) is 34.4 Å². The van der Waals surface area contributed by atoms with Crippen LogP contribution in [0.5, 0.6) is 0 Å². The SMILES string of the molecule is O=c1ccn2c(CC3CCSC3)n[nH]c2c1. The van der Waals surface area contributed by atoms with Crippen molar-refractivity contribution in [2.45, 2.75) is 12.8 Å². The average Bonchev–Trinajstić information content (AvgIpc) is 2.89. The van der Waals surface area contributed by atoms with Gasteiger partial charge in [0.25, 0.3) is 0 Å². The lowest BCUT2D eigenvalue weighted by molar-refractivity contribution is 0.572. The summed E-state index contributed by atoms with van der Waals surface area (Å²) in [4.78, 5) is 11.2. The molecule has 0 spiro atoms. The van der Waals surface area contributed by atoms with E-state index < -0.39 is 0 Å². The van der Waals surface area contributed by atoms with Crippen LogP contribution in [0.2, 0.25) is 0 Å². The number of hydrogen-bond donors (Lipinski definition) is 1. The molecule has 2 aromatic heterocycles. The molecule has 1 fully saturated rings. The first kappa shape index (κ1) is 9.96. The Morgan fingerprint density at radius 2 is 2.56 bits per heavy atom. The van der Waals surface area contributed by atoms with E-state index in [1.165, 1.54) is 17.9 Å². The molecular weight excluding hydrogens is 222 g/mol. The van der Waals surface area contributed by atoms with Gasteiger partial charge in [-0.1, -0.05) is 0 Å². The van der Waals surface area contributed by atoms with Crippen LogP contribution in [-0.4, -0.2) is 26.1 Å². The van der Waals surface area contributed by atoms with Gasteiger partial charge in [-0.05, 0) is 23.8 Å². The number of aromatic amines is 1. The first-order chi connectivity index (χ1) is 7.83. The number of pyridine rings is 1. The van der Waals surface area contributed by atoms with Gasteiger partial charge in [-0.2, -0.15) is 16.9 Å². The highest BCUT2D eigenvalue weighted by molar-refractivity contribution is 7.99. The predicted molar refractivity (Wildman–Crippen MR) is 64.9 cm³/mol. The third-order valence-electron chi connectivity index (χ3n) is 3.00. The van der Waals surface area contributed by atoms with Crippen molar-refractivity contribution in [2.24, 2.45) is 5.92 Å². The molecule has 16 heavy (non-hydrogen) atoms. The monoisotopic (exact) mass is 235 g/mol. The highest BCUT2D eigenvalue weighted by Crippen LogP contribution is 2.26. The molecule has 3 rings (SSSR count). The minimum atomic E-state index is 0.0200. The van der Waals surface area contributed by atoms with Crippen LogP contribution in [0.25, 0.3) is 5.65 Å². The second kappa shape index (κ2) is 3.97. The third kappa shape index (κ3) is 1.75. The first-order valence-electron chi connectivity index (χ1n) is 5.46. The van der Waals surface area contributed by atoms with Gasteiger partial charge in [0.05, 0.1) is 0 Å². The number of fused-ring (bicyclic) bond motifs is 1. The summed E-state index contributed by atoms with van der Waals surface area (Å²) >= 11 is 2.01. The number of nitrogens with zero attached hydrogens (tertiary/aromatic N) is 2. The van der Waals surface area contributed by atoms with E-state index >= 15 is 0 Å². The summed E-state index contributed by atoms with van der Waals surface area (Å²) in [5.74, 6) is 4.26. The molecule has 1 aliphatic rings. The second-order valence-corrected chi connectivity index (χ2v) is 5.34. The molecular formula is C11H13N3OS. The summed E-state index contributed by atoms with van der Waals surface area (Å²) in [6.45, 7) is 0. The topological polar surface area (TPSA) is 50.2 Å². The van der Waals surface area contributed by atoms with E-state index in [2.05, 4.69) is 10.2 Å². The molecule has 0 aliphatic carbocycles. The largest absolute Gasteiger partial charge is 0.290 e. The first-order valence-corrected chi connectivity index (χ1v) is 6.62. The van der Waals surface area contributed by atoms with Crippen LogP contribution in [-0.2, 0) is 6.42 Å². The summed E-state index contributed by atoms with van der Waals surface area (Å²) in [5, 5.41) is 7.20. The van der Waals surface area contributed by atoms with Gasteiger partial charge in [0.2, 0.25) is 0 Å². The average molecular weight is 235 g/mol. The van der Waals surface area contributed by atoms with E-state index in [0.717, 1.165) is 23.8 Å². The molecule has 0 aromatic carbocycles. The molecule has 0 bridgehead atoms. The maximum atomic E-state index is 11.2. The van der Waals surface area contributed by atoms with Crippen molar-refractivity contribution in [3.63, 3.8) is 0 Å². The lowest BCUT2D eigenvalue weighted by Crippen LogP contribution is -2.07. The Morgan fingerprint density at radius 1 is 1.62 bits per heavy atom. The van der Waals surface area contributed by atoms with Crippen molar-refractivity contribution < 1.29 is 0 Å². The van der Waals surface area contributed by atoms with E-state index in [-0.39, 0.29) is 5.43 Å². The predicted octanol–water partition coefficient (Wildman–Crippen LogP) is 1.32. The number of aromatic nitrogens is 3. The van der Waals surface area contributed by atoms with Crippen LogP contribution in [0.4, 0.5) is 0 Å². The van der Waals surface area contributed by atoms with Crippen molar-refractivity contribution in [3.8, 4) is 0 Å². The summed E-state index contributed by atoms with van der Waals surface area (Å²) in [7, 11) is 0. The number of nitrogens with one attached hydrogen (secondary N) is 1. The van der Waals surface area contributed by atoms with Gasteiger partial charge in [0.1, 0.15) is 11.5 Å².